The van der Waals surface area contributed by atoms with Crippen LogP contribution >= 0.6 is 11.8 Å². The van der Waals surface area contributed by atoms with Gasteiger partial charge >= 0.3 is 0 Å². The Morgan fingerprint density at radius 3 is 2.58 bits per heavy atom. The van der Waals surface area contributed by atoms with E-state index >= 15 is 0 Å². The summed E-state index contributed by atoms with van der Waals surface area (Å²) in [7, 11) is 2.07. The van der Waals surface area contributed by atoms with Crippen molar-refractivity contribution in [3.8, 4) is 0 Å². The van der Waals surface area contributed by atoms with Crippen LogP contribution in [0, 0.1) is 13.8 Å². The molecular weight excluding hydrogens is 318 g/mol. The Morgan fingerprint density at radius 1 is 1.12 bits per heavy atom. The molecule has 5 nitrogen and oxygen atoms in total. The molecule has 0 unspecified atom stereocenters. The minimum Gasteiger partial charge on any atom is -0.335 e. The van der Waals surface area contributed by atoms with E-state index in [9.17, 15) is 0 Å². The number of aryl methyl sites for hydroxylation is 3. The summed E-state index contributed by atoms with van der Waals surface area (Å²) in [6.07, 6.45) is 0. The number of hydrogen-bond donors (Lipinski definition) is 1. The summed E-state index contributed by atoms with van der Waals surface area (Å²) in [4.78, 5) is 6.38. The zero-order valence-corrected chi connectivity index (χ0v) is 16.0. The molecule has 24 heavy (non-hydrogen) atoms. The first-order valence-corrected chi connectivity index (χ1v) is 9.60. The van der Waals surface area contributed by atoms with E-state index in [2.05, 4.69) is 61.6 Å². The third-order valence-corrected chi connectivity index (χ3v) is 5.53. The molecule has 0 aliphatic carbocycles. The van der Waals surface area contributed by atoms with Crippen LogP contribution in [0.2, 0.25) is 0 Å². The average Bonchev–Trinajstić information content (AvgIpc) is 2.84. The number of benzene rings is 1. The molecule has 0 bridgehead atoms. The highest BCUT2D eigenvalue weighted by atomic mass is 32.2. The summed E-state index contributed by atoms with van der Waals surface area (Å²) in [5.41, 5.74) is 5.53. The normalized spacial score (nSPS) is 11.9. The van der Waals surface area contributed by atoms with Crippen molar-refractivity contribution in [2.75, 3.05) is 25.4 Å². The molecule has 0 radical (unpaired) electrons. The molecular formula is C18H26N5S+. The van der Waals surface area contributed by atoms with Gasteiger partial charge < -0.3 is 9.47 Å². The Bertz CT molecular complexity index is 867. The van der Waals surface area contributed by atoms with Gasteiger partial charge in [-0.3, -0.25) is 0 Å². The van der Waals surface area contributed by atoms with Crippen molar-refractivity contribution in [1.82, 2.24) is 19.7 Å². The highest BCUT2D eigenvalue weighted by Crippen LogP contribution is 2.29. The van der Waals surface area contributed by atoms with Gasteiger partial charge in [0, 0.05) is 12.4 Å². The van der Waals surface area contributed by atoms with E-state index < -0.39 is 0 Å². The van der Waals surface area contributed by atoms with Crippen LogP contribution in [0.25, 0.3) is 22.1 Å². The summed E-state index contributed by atoms with van der Waals surface area (Å²) in [5.74, 6) is 1.02. The molecule has 2 heterocycles. The molecule has 0 amide bonds. The SMILES string of the molecule is CC[NH+](CC)CCSc1nnc2c3cc(C)cc(C)c3n(C)c2n1. The minimum absolute atomic E-state index is 0.773. The van der Waals surface area contributed by atoms with Crippen LogP contribution in [0.3, 0.4) is 0 Å². The van der Waals surface area contributed by atoms with E-state index in [1.165, 1.54) is 16.6 Å². The molecule has 3 aromatic rings. The van der Waals surface area contributed by atoms with Crippen molar-refractivity contribution in [1.29, 1.82) is 0 Å². The van der Waals surface area contributed by atoms with Gasteiger partial charge in [-0.05, 0) is 39.3 Å². The van der Waals surface area contributed by atoms with E-state index in [1.54, 1.807) is 16.7 Å². The van der Waals surface area contributed by atoms with Gasteiger partial charge in [0.15, 0.2) is 5.65 Å². The summed E-state index contributed by atoms with van der Waals surface area (Å²) in [6, 6.07) is 4.38. The molecule has 0 saturated carbocycles. The highest BCUT2D eigenvalue weighted by Gasteiger charge is 2.15. The molecule has 6 heteroatoms. The van der Waals surface area contributed by atoms with Crippen LogP contribution in [0.1, 0.15) is 25.0 Å². The van der Waals surface area contributed by atoms with Crippen molar-refractivity contribution < 1.29 is 4.90 Å². The van der Waals surface area contributed by atoms with Gasteiger partial charge in [0.2, 0.25) is 5.16 Å². The number of quaternary nitrogens is 1. The molecule has 0 fully saturated rings. The lowest BCUT2D eigenvalue weighted by molar-refractivity contribution is -0.893. The topological polar surface area (TPSA) is 48.0 Å². The average molecular weight is 345 g/mol. The van der Waals surface area contributed by atoms with Gasteiger partial charge in [0.05, 0.1) is 30.9 Å². The fourth-order valence-corrected chi connectivity index (χ4v) is 4.18. The number of fused-ring (bicyclic) bond motifs is 3. The predicted molar refractivity (Wildman–Crippen MR) is 101 cm³/mol. The van der Waals surface area contributed by atoms with E-state index in [0.717, 1.165) is 47.1 Å². The van der Waals surface area contributed by atoms with E-state index in [1.807, 2.05) is 0 Å². The maximum absolute atomic E-state index is 4.77. The van der Waals surface area contributed by atoms with Crippen molar-refractivity contribution in [2.24, 2.45) is 7.05 Å². The highest BCUT2D eigenvalue weighted by molar-refractivity contribution is 7.99. The van der Waals surface area contributed by atoms with Gasteiger partial charge in [0.1, 0.15) is 5.52 Å². The van der Waals surface area contributed by atoms with Crippen molar-refractivity contribution in [3.63, 3.8) is 0 Å². The van der Waals surface area contributed by atoms with Gasteiger partial charge in [-0.15, -0.1) is 10.2 Å². The molecule has 0 aliphatic rings. The fraction of sp³-hybridized carbons (Fsp3) is 0.500. The summed E-state index contributed by atoms with van der Waals surface area (Å²) < 4.78 is 2.15. The summed E-state index contributed by atoms with van der Waals surface area (Å²) >= 11 is 1.70. The number of nitrogens with zero attached hydrogens (tertiary/aromatic N) is 4. The van der Waals surface area contributed by atoms with Crippen LogP contribution in [0.4, 0.5) is 0 Å². The quantitative estimate of drug-likeness (QED) is 0.696. The first kappa shape index (κ1) is 17.2. The Morgan fingerprint density at radius 2 is 1.88 bits per heavy atom. The van der Waals surface area contributed by atoms with E-state index in [-0.39, 0.29) is 0 Å². The molecule has 0 atom stereocenters. The number of thioether (sulfide) groups is 1. The van der Waals surface area contributed by atoms with Gasteiger partial charge in [-0.1, -0.05) is 23.4 Å². The van der Waals surface area contributed by atoms with Gasteiger partial charge in [-0.2, -0.15) is 0 Å². The largest absolute Gasteiger partial charge is 0.335 e. The summed E-state index contributed by atoms with van der Waals surface area (Å²) in [6.45, 7) is 12.2. The zero-order valence-electron chi connectivity index (χ0n) is 15.2. The second kappa shape index (κ2) is 7.07. The smallest absolute Gasteiger partial charge is 0.211 e. The van der Waals surface area contributed by atoms with Crippen LogP contribution in [0.5, 0.6) is 0 Å². The lowest BCUT2D eigenvalue weighted by Gasteiger charge is -2.14. The fourth-order valence-electron chi connectivity index (χ4n) is 3.35. The number of nitrogens with one attached hydrogen (secondary N) is 1. The Hall–Kier alpha value is -1.66. The maximum Gasteiger partial charge on any atom is 0.211 e. The molecule has 0 saturated heterocycles. The minimum atomic E-state index is 0.773. The van der Waals surface area contributed by atoms with Gasteiger partial charge in [0.25, 0.3) is 0 Å². The monoisotopic (exact) mass is 344 g/mol. The molecule has 1 aromatic carbocycles. The second-order valence-corrected chi connectivity index (χ2v) is 7.42. The first-order valence-electron chi connectivity index (χ1n) is 8.61. The lowest BCUT2D eigenvalue weighted by atomic mass is 10.1. The number of rotatable bonds is 6. The Kier molecular flexibility index (Phi) is 5.06. The van der Waals surface area contributed by atoms with Crippen molar-refractivity contribution in [3.05, 3.63) is 23.3 Å². The molecule has 128 valence electrons. The van der Waals surface area contributed by atoms with Gasteiger partial charge in [-0.25, -0.2) is 4.98 Å². The molecule has 0 spiro atoms. The Labute approximate surface area is 147 Å². The van der Waals surface area contributed by atoms with Crippen molar-refractivity contribution >= 4 is 33.8 Å². The zero-order chi connectivity index (χ0) is 17.3. The number of hydrogen-bond acceptors (Lipinski definition) is 4. The predicted octanol–water partition coefficient (Wildman–Crippen LogP) is 2.15. The van der Waals surface area contributed by atoms with E-state index in [4.69, 9.17) is 4.98 Å². The molecule has 1 N–H and O–H groups in total. The Balaban J connectivity index is 1.92. The number of aromatic nitrogens is 4. The van der Waals surface area contributed by atoms with Crippen LogP contribution < -0.4 is 4.90 Å². The first-order chi connectivity index (χ1) is 11.5. The summed E-state index contributed by atoms with van der Waals surface area (Å²) in [5, 5.41) is 10.8. The molecule has 3 rings (SSSR count). The lowest BCUT2D eigenvalue weighted by Crippen LogP contribution is -3.11. The molecule has 2 aromatic heterocycles. The maximum atomic E-state index is 4.77. The standard InChI is InChI=1S/C18H25N5S/c1-6-23(7-2)8-9-24-18-19-17-15(20-21-18)14-11-12(3)10-13(4)16(14)22(17)5/h10-11H,6-9H2,1-5H3/p+1. The molecule has 0 aliphatic heterocycles. The third kappa shape index (κ3) is 3.13. The van der Waals surface area contributed by atoms with Crippen LogP contribution in [-0.2, 0) is 7.05 Å². The van der Waals surface area contributed by atoms with Crippen LogP contribution in [-0.4, -0.2) is 45.1 Å². The second-order valence-electron chi connectivity index (χ2n) is 6.36. The van der Waals surface area contributed by atoms with Crippen LogP contribution in [0.15, 0.2) is 17.3 Å². The van der Waals surface area contributed by atoms with Crippen molar-refractivity contribution in [2.45, 2.75) is 32.9 Å². The van der Waals surface area contributed by atoms with E-state index in [0.29, 0.717) is 0 Å². The third-order valence-electron chi connectivity index (χ3n) is 4.69.